The average Bonchev–Trinajstić information content (AvgIpc) is 2.34. The molecule has 3 nitrogen and oxygen atoms in total. The highest BCUT2D eigenvalue weighted by Gasteiger charge is 1.96. The number of anilines is 1. The molecule has 0 saturated heterocycles. The van der Waals surface area contributed by atoms with Gasteiger partial charge in [-0.05, 0) is 38.2 Å². The van der Waals surface area contributed by atoms with Crippen LogP contribution in [0.1, 0.15) is 6.42 Å². The highest BCUT2D eigenvalue weighted by Crippen LogP contribution is 2.14. The molecule has 2 N–H and O–H groups in total. The first-order chi connectivity index (χ1) is 7.90. The molecule has 0 atom stereocenters. The second-order valence-electron chi connectivity index (χ2n) is 3.77. The van der Waals surface area contributed by atoms with Crippen LogP contribution in [0.5, 0.6) is 0 Å². The summed E-state index contributed by atoms with van der Waals surface area (Å²) in [4.78, 5) is 4.54. The minimum atomic E-state index is 0.951. The summed E-state index contributed by atoms with van der Waals surface area (Å²) in [7, 11) is 1.97. The van der Waals surface area contributed by atoms with Crippen LogP contribution in [0.2, 0.25) is 0 Å². The molecule has 1 aromatic heterocycles. The van der Waals surface area contributed by atoms with Crippen molar-refractivity contribution in [2.24, 2.45) is 0 Å². The Labute approximate surface area is 95.9 Å². The van der Waals surface area contributed by atoms with Crippen molar-refractivity contribution < 1.29 is 0 Å². The summed E-state index contributed by atoms with van der Waals surface area (Å²) in [6, 6.07) is 12.3. The Hall–Kier alpha value is -1.61. The van der Waals surface area contributed by atoms with Crippen molar-refractivity contribution in [3.05, 3.63) is 36.4 Å². The van der Waals surface area contributed by atoms with Gasteiger partial charge in [0.25, 0.3) is 0 Å². The maximum Gasteiger partial charge on any atom is 0.126 e. The fourth-order valence-corrected chi connectivity index (χ4v) is 1.65. The molecule has 1 aromatic carbocycles. The van der Waals surface area contributed by atoms with Crippen molar-refractivity contribution in [2.45, 2.75) is 6.42 Å². The van der Waals surface area contributed by atoms with Crippen LogP contribution in [-0.2, 0) is 0 Å². The largest absolute Gasteiger partial charge is 0.370 e. The van der Waals surface area contributed by atoms with Crippen molar-refractivity contribution in [1.29, 1.82) is 0 Å². The van der Waals surface area contributed by atoms with Crippen molar-refractivity contribution in [1.82, 2.24) is 10.3 Å². The Morgan fingerprint density at radius 2 is 1.94 bits per heavy atom. The van der Waals surface area contributed by atoms with Crippen molar-refractivity contribution >= 4 is 16.7 Å². The van der Waals surface area contributed by atoms with Crippen molar-refractivity contribution in [2.75, 3.05) is 25.5 Å². The van der Waals surface area contributed by atoms with Gasteiger partial charge in [0.05, 0.1) is 5.52 Å². The number of benzene rings is 1. The van der Waals surface area contributed by atoms with Crippen LogP contribution in [0, 0.1) is 0 Å². The second-order valence-corrected chi connectivity index (χ2v) is 3.77. The van der Waals surface area contributed by atoms with Crippen LogP contribution in [0.4, 0.5) is 5.82 Å². The summed E-state index contributed by atoms with van der Waals surface area (Å²) in [5.41, 5.74) is 1.04. The van der Waals surface area contributed by atoms with Crippen molar-refractivity contribution in [3.63, 3.8) is 0 Å². The predicted octanol–water partition coefficient (Wildman–Crippen LogP) is 2.26. The molecule has 16 heavy (non-hydrogen) atoms. The van der Waals surface area contributed by atoms with Gasteiger partial charge < -0.3 is 10.6 Å². The van der Waals surface area contributed by atoms with Gasteiger partial charge in [-0.15, -0.1) is 0 Å². The normalized spacial score (nSPS) is 10.6. The molecule has 1 heterocycles. The summed E-state index contributed by atoms with van der Waals surface area (Å²) in [6.07, 6.45) is 1.10. The van der Waals surface area contributed by atoms with E-state index in [0.29, 0.717) is 0 Å². The van der Waals surface area contributed by atoms with Gasteiger partial charge >= 0.3 is 0 Å². The first-order valence-electron chi connectivity index (χ1n) is 5.64. The molecule has 0 amide bonds. The number of aromatic nitrogens is 1. The summed E-state index contributed by atoms with van der Waals surface area (Å²) >= 11 is 0. The predicted molar refractivity (Wildman–Crippen MR) is 68.8 cm³/mol. The maximum absolute atomic E-state index is 4.54. The number of nitrogens with zero attached hydrogens (tertiary/aromatic N) is 1. The average molecular weight is 215 g/mol. The highest BCUT2D eigenvalue weighted by atomic mass is 15.0. The van der Waals surface area contributed by atoms with Crippen LogP contribution in [0.15, 0.2) is 36.4 Å². The van der Waals surface area contributed by atoms with Gasteiger partial charge in [0.2, 0.25) is 0 Å². The minimum Gasteiger partial charge on any atom is -0.370 e. The quantitative estimate of drug-likeness (QED) is 0.751. The third kappa shape index (κ3) is 2.70. The number of nitrogens with one attached hydrogen (secondary N) is 2. The van der Waals surface area contributed by atoms with Crippen molar-refractivity contribution in [3.8, 4) is 0 Å². The highest BCUT2D eigenvalue weighted by molar-refractivity contribution is 5.79. The number of para-hydroxylation sites is 1. The molecule has 0 radical (unpaired) electrons. The Morgan fingerprint density at radius 1 is 1.06 bits per heavy atom. The van der Waals surface area contributed by atoms with Gasteiger partial charge in [0.1, 0.15) is 5.82 Å². The lowest BCUT2D eigenvalue weighted by atomic mass is 10.2. The van der Waals surface area contributed by atoms with Crippen LogP contribution in [0.3, 0.4) is 0 Å². The van der Waals surface area contributed by atoms with E-state index in [0.717, 1.165) is 30.8 Å². The number of fused-ring (bicyclic) bond motifs is 1. The Bertz CT molecular complexity index is 454. The standard InChI is InChI=1S/C13H17N3/c1-14-9-4-10-15-13-8-7-11-5-2-3-6-12(11)16-13/h2-3,5-8,14H,4,9-10H2,1H3,(H,15,16). The lowest BCUT2D eigenvalue weighted by molar-refractivity contribution is 0.747. The van der Waals surface area contributed by atoms with E-state index in [1.54, 1.807) is 0 Å². The Morgan fingerprint density at radius 3 is 2.81 bits per heavy atom. The number of rotatable bonds is 5. The van der Waals surface area contributed by atoms with E-state index in [2.05, 4.69) is 27.8 Å². The molecule has 0 bridgehead atoms. The molecule has 0 aliphatic heterocycles. The van der Waals surface area contributed by atoms with E-state index in [1.807, 2.05) is 31.3 Å². The zero-order valence-corrected chi connectivity index (χ0v) is 9.53. The second kappa shape index (κ2) is 5.47. The van der Waals surface area contributed by atoms with E-state index in [1.165, 1.54) is 5.39 Å². The maximum atomic E-state index is 4.54. The van der Waals surface area contributed by atoms with Gasteiger partial charge in [-0.25, -0.2) is 4.98 Å². The monoisotopic (exact) mass is 215 g/mol. The van der Waals surface area contributed by atoms with Gasteiger partial charge in [-0.2, -0.15) is 0 Å². The van der Waals surface area contributed by atoms with Crippen LogP contribution in [-0.4, -0.2) is 25.1 Å². The third-order valence-corrected chi connectivity index (χ3v) is 2.51. The van der Waals surface area contributed by atoms with Crippen LogP contribution < -0.4 is 10.6 Å². The molecule has 2 aromatic rings. The molecule has 0 saturated carbocycles. The summed E-state index contributed by atoms with van der Waals surface area (Å²) in [5.74, 6) is 0.954. The summed E-state index contributed by atoms with van der Waals surface area (Å²) in [6.45, 7) is 1.98. The molecular weight excluding hydrogens is 198 g/mol. The molecule has 2 rings (SSSR count). The topological polar surface area (TPSA) is 37.0 Å². The molecule has 0 aliphatic carbocycles. The Balaban J connectivity index is 2.02. The van der Waals surface area contributed by atoms with E-state index < -0.39 is 0 Å². The first-order valence-corrected chi connectivity index (χ1v) is 5.64. The lowest BCUT2D eigenvalue weighted by Crippen LogP contribution is -2.13. The zero-order chi connectivity index (χ0) is 11.2. The van der Waals surface area contributed by atoms with Crippen LogP contribution >= 0.6 is 0 Å². The first kappa shape index (κ1) is 10.9. The molecule has 0 fully saturated rings. The zero-order valence-electron chi connectivity index (χ0n) is 9.53. The van der Waals surface area contributed by atoms with E-state index in [4.69, 9.17) is 0 Å². The summed E-state index contributed by atoms with van der Waals surface area (Å²) in [5, 5.41) is 7.63. The fraction of sp³-hybridized carbons (Fsp3) is 0.308. The molecule has 0 aliphatic rings. The number of hydrogen-bond donors (Lipinski definition) is 2. The van der Waals surface area contributed by atoms with Gasteiger partial charge in [0.15, 0.2) is 0 Å². The number of hydrogen-bond acceptors (Lipinski definition) is 3. The van der Waals surface area contributed by atoms with E-state index in [9.17, 15) is 0 Å². The smallest absolute Gasteiger partial charge is 0.126 e. The van der Waals surface area contributed by atoms with Crippen LogP contribution in [0.25, 0.3) is 10.9 Å². The SMILES string of the molecule is CNCCCNc1ccc2ccccc2n1. The molecule has 0 unspecified atom stereocenters. The molecule has 0 spiro atoms. The minimum absolute atomic E-state index is 0.951. The van der Waals surface area contributed by atoms with E-state index in [-0.39, 0.29) is 0 Å². The molecule has 84 valence electrons. The van der Waals surface area contributed by atoms with Gasteiger partial charge in [-0.3, -0.25) is 0 Å². The van der Waals surface area contributed by atoms with E-state index >= 15 is 0 Å². The number of pyridine rings is 1. The summed E-state index contributed by atoms with van der Waals surface area (Å²) < 4.78 is 0. The van der Waals surface area contributed by atoms with Gasteiger partial charge in [0, 0.05) is 11.9 Å². The Kier molecular flexibility index (Phi) is 3.72. The molecule has 3 heteroatoms. The third-order valence-electron chi connectivity index (χ3n) is 2.51. The fourth-order valence-electron chi connectivity index (χ4n) is 1.65. The lowest BCUT2D eigenvalue weighted by Gasteiger charge is -2.06. The van der Waals surface area contributed by atoms with Gasteiger partial charge in [-0.1, -0.05) is 18.2 Å². The molecular formula is C13H17N3.